The number of hydrogen-bond donors (Lipinski definition) is 3. The van der Waals surface area contributed by atoms with Crippen molar-refractivity contribution < 1.29 is 9.84 Å². The van der Waals surface area contributed by atoms with E-state index in [9.17, 15) is 5.11 Å². The van der Waals surface area contributed by atoms with Gasteiger partial charge in [0.05, 0.1) is 6.61 Å². The van der Waals surface area contributed by atoms with Gasteiger partial charge in [-0.1, -0.05) is 6.92 Å². The Morgan fingerprint density at radius 1 is 1.35 bits per heavy atom. The summed E-state index contributed by atoms with van der Waals surface area (Å²) in [5, 5.41) is 12.9. The first kappa shape index (κ1) is 14.0. The highest BCUT2D eigenvalue weighted by Crippen LogP contribution is 2.24. The predicted molar refractivity (Wildman–Crippen MR) is 79.9 cm³/mol. The molecule has 2 rings (SSSR count). The monoisotopic (exact) mass is 273 g/mol. The summed E-state index contributed by atoms with van der Waals surface area (Å²) in [6.45, 7) is 3.12. The van der Waals surface area contributed by atoms with Gasteiger partial charge in [0.25, 0.3) is 0 Å². The van der Waals surface area contributed by atoms with Crippen LogP contribution in [0.25, 0.3) is 0 Å². The van der Waals surface area contributed by atoms with Crippen molar-refractivity contribution in [3.8, 4) is 11.5 Å². The number of nitrogens with zero attached hydrogens (tertiary/aromatic N) is 1. The Hall–Kier alpha value is -2.43. The summed E-state index contributed by atoms with van der Waals surface area (Å²) in [6.07, 6.45) is 2.63. The Balaban J connectivity index is 2.08. The highest BCUT2D eigenvalue weighted by atomic mass is 16.5. The lowest BCUT2D eigenvalue weighted by Crippen LogP contribution is -2.05. The van der Waals surface area contributed by atoms with Gasteiger partial charge in [0.2, 0.25) is 0 Å². The van der Waals surface area contributed by atoms with Crippen LogP contribution in [0.2, 0.25) is 0 Å². The van der Waals surface area contributed by atoms with Crippen molar-refractivity contribution in [3.63, 3.8) is 0 Å². The molecule has 0 aliphatic rings. The first-order valence-corrected chi connectivity index (χ1v) is 6.59. The normalized spacial score (nSPS) is 10.2. The van der Waals surface area contributed by atoms with E-state index in [1.54, 1.807) is 24.4 Å². The SMILES string of the molecule is CCCOc1cccnc1NCc1cc(N)ccc1O. The molecule has 0 saturated carbocycles. The maximum Gasteiger partial charge on any atom is 0.169 e. The van der Waals surface area contributed by atoms with Crippen LogP contribution in [-0.4, -0.2) is 16.7 Å². The largest absolute Gasteiger partial charge is 0.508 e. The van der Waals surface area contributed by atoms with Gasteiger partial charge in [-0.3, -0.25) is 0 Å². The topological polar surface area (TPSA) is 80.4 Å². The molecule has 0 aliphatic heterocycles. The number of nitrogens with one attached hydrogen (secondary N) is 1. The second-order valence-corrected chi connectivity index (χ2v) is 4.44. The van der Waals surface area contributed by atoms with Crippen LogP contribution in [0.3, 0.4) is 0 Å². The Morgan fingerprint density at radius 2 is 2.20 bits per heavy atom. The van der Waals surface area contributed by atoms with Crippen LogP contribution in [0, 0.1) is 0 Å². The van der Waals surface area contributed by atoms with E-state index in [-0.39, 0.29) is 5.75 Å². The van der Waals surface area contributed by atoms with Crippen molar-refractivity contribution in [2.75, 3.05) is 17.7 Å². The Kier molecular flexibility index (Phi) is 4.65. The van der Waals surface area contributed by atoms with Gasteiger partial charge < -0.3 is 20.9 Å². The van der Waals surface area contributed by atoms with E-state index in [4.69, 9.17) is 10.5 Å². The van der Waals surface area contributed by atoms with Crippen molar-refractivity contribution in [2.24, 2.45) is 0 Å². The zero-order valence-corrected chi connectivity index (χ0v) is 11.5. The molecule has 20 heavy (non-hydrogen) atoms. The zero-order chi connectivity index (χ0) is 14.4. The van der Waals surface area contributed by atoms with Gasteiger partial charge in [0.15, 0.2) is 11.6 Å². The summed E-state index contributed by atoms with van der Waals surface area (Å²) in [6, 6.07) is 8.67. The second-order valence-electron chi connectivity index (χ2n) is 4.44. The van der Waals surface area contributed by atoms with Gasteiger partial charge in [-0.2, -0.15) is 0 Å². The first-order valence-electron chi connectivity index (χ1n) is 6.59. The first-order chi connectivity index (χ1) is 9.70. The predicted octanol–water partition coefficient (Wildman–Crippen LogP) is 2.77. The average molecular weight is 273 g/mol. The van der Waals surface area contributed by atoms with Gasteiger partial charge in [-0.15, -0.1) is 0 Å². The number of hydrogen-bond acceptors (Lipinski definition) is 5. The number of phenols is 1. The fraction of sp³-hybridized carbons (Fsp3) is 0.267. The van der Waals surface area contributed by atoms with E-state index in [0.29, 0.717) is 30.4 Å². The van der Waals surface area contributed by atoms with Gasteiger partial charge >= 0.3 is 0 Å². The second kappa shape index (κ2) is 6.65. The van der Waals surface area contributed by atoms with Crippen molar-refractivity contribution >= 4 is 11.5 Å². The highest BCUT2D eigenvalue weighted by molar-refractivity contribution is 5.52. The summed E-state index contributed by atoms with van der Waals surface area (Å²) in [5.41, 5.74) is 7.05. The molecular formula is C15H19N3O2. The molecule has 0 aliphatic carbocycles. The van der Waals surface area contributed by atoms with Crippen LogP contribution in [0.15, 0.2) is 36.5 Å². The van der Waals surface area contributed by atoms with E-state index in [1.807, 2.05) is 19.1 Å². The number of benzene rings is 1. The third-order valence-electron chi connectivity index (χ3n) is 2.78. The Morgan fingerprint density at radius 3 is 3.00 bits per heavy atom. The summed E-state index contributed by atoms with van der Waals surface area (Å²) < 4.78 is 5.62. The lowest BCUT2D eigenvalue weighted by molar-refractivity contribution is 0.317. The highest BCUT2D eigenvalue weighted by Gasteiger charge is 2.06. The molecule has 4 N–H and O–H groups in total. The van der Waals surface area contributed by atoms with Crippen LogP contribution in [0.1, 0.15) is 18.9 Å². The van der Waals surface area contributed by atoms with Gasteiger partial charge in [0, 0.05) is 24.0 Å². The van der Waals surface area contributed by atoms with Gasteiger partial charge in [0.1, 0.15) is 5.75 Å². The zero-order valence-electron chi connectivity index (χ0n) is 11.5. The molecule has 1 heterocycles. The third kappa shape index (κ3) is 3.54. The molecule has 0 spiro atoms. The Bertz CT molecular complexity index is 573. The quantitative estimate of drug-likeness (QED) is 0.557. The molecule has 2 aromatic rings. The van der Waals surface area contributed by atoms with Gasteiger partial charge in [-0.25, -0.2) is 4.98 Å². The fourth-order valence-corrected chi connectivity index (χ4v) is 1.78. The van der Waals surface area contributed by atoms with Gasteiger partial charge in [-0.05, 0) is 36.8 Å². The number of ether oxygens (including phenoxy) is 1. The Labute approximate surface area is 118 Å². The maximum atomic E-state index is 9.78. The minimum atomic E-state index is 0.207. The molecule has 0 unspecified atom stereocenters. The van der Waals surface area contributed by atoms with Crippen molar-refractivity contribution in [2.45, 2.75) is 19.9 Å². The van der Waals surface area contributed by atoms with E-state index in [1.165, 1.54) is 0 Å². The number of nitrogen functional groups attached to an aromatic ring is 1. The average Bonchev–Trinajstić information content (AvgIpc) is 2.47. The molecule has 0 atom stereocenters. The smallest absolute Gasteiger partial charge is 0.169 e. The number of phenolic OH excluding ortho intramolecular Hbond substituents is 1. The molecule has 0 amide bonds. The molecule has 0 bridgehead atoms. The van der Waals surface area contributed by atoms with Crippen LogP contribution in [0.4, 0.5) is 11.5 Å². The molecule has 0 fully saturated rings. The molecule has 5 nitrogen and oxygen atoms in total. The maximum absolute atomic E-state index is 9.78. The summed E-state index contributed by atoms with van der Waals surface area (Å²) in [5.74, 6) is 1.57. The number of pyridine rings is 1. The molecule has 0 radical (unpaired) electrons. The summed E-state index contributed by atoms with van der Waals surface area (Å²) in [4.78, 5) is 4.25. The van der Waals surface area contributed by atoms with E-state index in [2.05, 4.69) is 10.3 Å². The lowest BCUT2D eigenvalue weighted by atomic mass is 10.2. The summed E-state index contributed by atoms with van der Waals surface area (Å²) in [7, 11) is 0. The van der Waals surface area contributed by atoms with Crippen molar-refractivity contribution in [1.29, 1.82) is 0 Å². The third-order valence-corrected chi connectivity index (χ3v) is 2.78. The number of rotatable bonds is 6. The van der Waals surface area contributed by atoms with Crippen molar-refractivity contribution in [1.82, 2.24) is 4.98 Å². The van der Waals surface area contributed by atoms with Crippen LogP contribution in [0.5, 0.6) is 11.5 Å². The number of aromatic hydroxyl groups is 1. The number of anilines is 2. The van der Waals surface area contributed by atoms with Crippen LogP contribution >= 0.6 is 0 Å². The lowest BCUT2D eigenvalue weighted by Gasteiger charge is -2.12. The standard InChI is InChI=1S/C15H19N3O2/c1-2-8-20-14-4-3-7-17-15(14)18-10-11-9-12(16)5-6-13(11)19/h3-7,9,19H,2,8,10,16H2,1H3,(H,17,18). The molecule has 1 aromatic carbocycles. The minimum Gasteiger partial charge on any atom is -0.508 e. The van der Waals surface area contributed by atoms with Crippen LogP contribution < -0.4 is 15.8 Å². The molecule has 106 valence electrons. The van der Waals surface area contributed by atoms with E-state index >= 15 is 0 Å². The molecule has 1 aromatic heterocycles. The number of nitrogens with two attached hydrogens (primary N) is 1. The van der Waals surface area contributed by atoms with Crippen LogP contribution in [-0.2, 0) is 6.54 Å². The van der Waals surface area contributed by atoms with E-state index in [0.717, 1.165) is 12.0 Å². The summed E-state index contributed by atoms with van der Waals surface area (Å²) >= 11 is 0. The molecule has 5 heteroatoms. The molecule has 0 saturated heterocycles. The number of aromatic nitrogens is 1. The molecular weight excluding hydrogens is 254 g/mol. The van der Waals surface area contributed by atoms with E-state index < -0.39 is 0 Å². The fourth-order valence-electron chi connectivity index (χ4n) is 1.78. The van der Waals surface area contributed by atoms with Crippen molar-refractivity contribution in [3.05, 3.63) is 42.1 Å². The minimum absolute atomic E-state index is 0.207.